The smallest absolute Gasteiger partial charge is 0.252 e. The molecular weight excluding hydrogens is 160 g/mol. The molecular formula is C6H10ClF2N. The Labute approximate surface area is 64.7 Å². The van der Waals surface area contributed by atoms with Gasteiger partial charge in [0.25, 0.3) is 5.92 Å². The zero-order valence-electron chi connectivity index (χ0n) is 5.44. The molecule has 60 valence electrons. The molecule has 0 aromatic rings. The van der Waals surface area contributed by atoms with Gasteiger partial charge in [0, 0.05) is 18.4 Å². The fourth-order valence-corrected chi connectivity index (χ4v) is 1.06. The van der Waals surface area contributed by atoms with Gasteiger partial charge in [-0.05, 0) is 0 Å². The van der Waals surface area contributed by atoms with E-state index in [1.807, 2.05) is 0 Å². The second-order valence-corrected chi connectivity index (χ2v) is 2.65. The Morgan fingerprint density at radius 2 is 1.80 bits per heavy atom. The number of nitrogens with two attached hydrogens (primary N) is 1. The van der Waals surface area contributed by atoms with Crippen molar-refractivity contribution in [3.05, 3.63) is 12.7 Å². The fraction of sp³-hybridized carbons (Fsp3) is 0.667. The van der Waals surface area contributed by atoms with Crippen molar-refractivity contribution in [2.45, 2.75) is 24.3 Å². The highest BCUT2D eigenvalue weighted by atomic mass is 35.5. The minimum atomic E-state index is -2.54. The Morgan fingerprint density at radius 1 is 1.40 bits per heavy atom. The average Bonchev–Trinajstić information content (AvgIpc) is 1.61. The van der Waals surface area contributed by atoms with Crippen LogP contribution in [0.3, 0.4) is 0 Å². The number of halogens is 3. The molecule has 1 aliphatic rings. The van der Waals surface area contributed by atoms with E-state index in [2.05, 4.69) is 6.58 Å². The van der Waals surface area contributed by atoms with Gasteiger partial charge in [0.2, 0.25) is 0 Å². The van der Waals surface area contributed by atoms with Crippen LogP contribution in [0.1, 0.15) is 12.8 Å². The van der Waals surface area contributed by atoms with Crippen LogP contribution in [0.4, 0.5) is 8.78 Å². The van der Waals surface area contributed by atoms with Crippen LogP contribution in [-0.2, 0) is 0 Å². The second-order valence-electron chi connectivity index (χ2n) is 2.65. The van der Waals surface area contributed by atoms with Crippen LogP contribution in [-0.4, -0.2) is 11.5 Å². The van der Waals surface area contributed by atoms with Crippen molar-refractivity contribution >= 4 is 12.4 Å². The molecule has 0 aliphatic heterocycles. The highest BCUT2D eigenvalue weighted by molar-refractivity contribution is 5.85. The van der Waals surface area contributed by atoms with Crippen molar-refractivity contribution in [1.82, 2.24) is 0 Å². The zero-order chi connectivity index (χ0) is 7.12. The SMILES string of the molecule is C=CC1(N)CC(F)(F)C1.Cl. The molecule has 0 unspecified atom stereocenters. The van der Waals surface area contributed by atoms with E-state index in [4.69, 9.17) is 5.73 Å². The summed E-state index contributed by atoms with van der Waals surface area (Å²) >= 11 is 0. The summed E-state index contributed by atoms with van der Waals surface area (Å²) in [6, 6.07) is 0. The van der Waals surface area contributed by atoms with Crippen molar-refractivity contribution in [2.24, 2.45) is 5.73 Å². The number of alkyl halides is 2. The monoisotopic (exact) mass is 169 g/mol. The number of hydrogen-bond donors (Lipinski definition) is 1. The lowest BCUT2D eigenvalue weighted by atomic mass is 9.74. The summed E-state index contributed by atoms with van der Waals surface area (Å²) in [6.45, 7) is 3.36. The maximum atomic E-state index is 12.1. The first-order chi connectivity index (χ1) is 3.97. The van der Waals surface area contributed by atoms with E-state index in [9.17, 15) is 8.78 Å². The molecule has 2 N–H and O–H groups in total. The van der Waals surface area contributed by atoms with Crippen LogP contribution in [0.25, 0.3) is 0 Å². The number of hydrogen-bond acceptors (Lipinski definition) is 1. The largest absolute Gasteiger partial charge is 0.322 e. The molecule has 0 amide bonds. The maximum Gasteiger partial charge on any atom is 0.252 e. The summed E-state index contributed by atoms with van der Waals surface area (Å²) in [5, 5.41) is 0. The quantitative estimate of drug-likeness (QED) is 0.595. The first-order valence-corrected chi connectivity index (χ1v) is 2.78. The maximum absolute atomic E-state index is 12.1. The molecule has 0 spiro atoms. The van der Waals surface area contributed by atoms with E-state index < -0.39 is 11.5 Å². The predicted octanol–water partition coefficient (Wildman–Crippen LogP) is 1.72. The number of rotatable bonds is 1. The van der Waals surface area contributed by atoms with Crippen LogP contribution in [0.5, 0.6) is 0 Å². The molecule has 0 atom stereocenters. The van der Waals surface area contributed by atoms with Crippen LogP contribution < -0.4 is 5.73 Å². The molecule has 1 fully saturated rings. The summed E-state index contributed by atoms with van der Waals surface area (Å²) < 4.78 is 24.2. The molecule has 10 heavy (non-hydrogen) atoms. The minimum Gasteiger partial charge on any atom is -0.322 e. The minimum absolute atomic E-state index is 0. The van der Waals surface area contributed by atoms with Crippen molar-refractivity contribution in [3.8, 4) is 0 Å². The van der Waals surface area contributed by atoms with Gasteiger partial charge in [-0.25, -0.2) is 8.78 Å². The Morgan fingerprint density at radius 3 is 1.90 bits per heavy atom. The van der Waals surface area contributed by atoms with Gasteiger partial charge in [-0.2, -0.15) is 0 Å². The summed E-state index contributed by atoms with van der Waals surface area (Å²) in [5.74, 6) is -2.54. The third-order valence-corrected chi connectivity index (χ3v) is 1.58. The molecule has 0 aromatic carbocycles. The summed E-state index contributed by atoms with van der Waals surface area (Å²) in [7, 11) is 0. The molecule has 0 radical (unpaired) electrons. The van der Waals surface area contributed by atoms with Gasteiger partial charge in [-0.3, -0.25) is 0 Å². The van der Waals surface area contributed by atoms with Crippen molar-refractivity contribution in [1.29, 1.82) is 0 Å². The van der Waals surface area contributed by atoms with Gasteiger partial charge in [0.05, 0.1) is 0 Å². The molecule has 1 rings (SSSR count). The molecule has 0 bridgehead atoms. The van der Waals surface area contributed by atoms with Crippen LogP contribution in [0.15, 0.2) is 12.7 Å². The van der Waals surface area contributed by atoms with Gasteiger partial charge in [0.1, 0.15) is 0 Å². The van der Waals surface area contributed by atoms with Crippen molar-refractivity contribution in [3.63, 3.8) is 0 Å². The van der Waals surface area contributed by atoms with Crippen molar-refractivity contribution in [2.75, 3.05) is 0 Å². The Balaban J connectivity index is 0.000000810. The molecule has 4 heteroatoms. The molecule has 1 aliphatic carbocycles. The van der Waals surface area contributed by atoms with Gasteiger partial charge < -0.3 is 5.73 Å². The van der Waals surface area contributed by atoms with Crippen LogP contribution >= 0.6 is 12.4 Å². The lowest BCUT2D eigenvalue weighted by Crippen LogP contribution is -2.56. The standard InChI is InChI=1S/C6H9F2N.ClH/c1-2-5(9)3-6(7,8)4-5;/h2H,1,3-4,9H2;1H. The molecule has 1 saturated carbocycles. The summed E-state index contributed by atoms with van der Waals surface area (Å²) in [6.07, 6.45) is 0.900. The lowest BCUT2D eigenvalue weighted by molar-refractivity contribution is -0.107. The van der Waals surface area contributed by atoms with E-state index in [-0.39, 0.29) is 25.2 Å². The highest BCUT2D eigenvalue weighted by Gasteiger charge is 2.52. The van der Waals surface area contributed by atoms with E-state index in [1.165, 1.54) is 6.08 Å². The normalized spacial score (nSPS) is 25.9. The van der Waals surface area contributed by atoms with E-state index in [0.29, 0.717) is 0 Å². The molecule has 0 saturated heterocycles. The third kappa shape index (κ3) is 1.67. The fourth-order valence-electron chi connectivity index (χ4n) is 1.06. The second kappa shape index (κ2) is 2.47. The average molecular weight is 170 g/mol. The van der Waals surface area contributed by atoms with Gasteiger partial charge in [-0.15, -0.1) is 19.0 Å². The first kappa shape index (κ1) is 9.85. The van der Waals surface area contributed by atoms with Crippen molar-refractivity contribution < 1.29 is 8.78 Å². The van der Waals surface area contributed by atoms with Gasteiger partial charge >= 0.3 is 0 Å². The Hall–Kier alpha value is -0.150. The predicted molar refractivity (Wildman–Crippen MR) is 38.5 cm³/mol. The van der Waals surface area contributed by atoms with E-state index in [1.54, 1.807) is 0 Å². The zero-order valence-corrected chi connectivity index (χ0v) is 6.26. The van der Waals surface area contributed by atoms with Crippen LogP contribution in [0.2, 0.25) is 0 Å². The van der Waals surface area contributed by atoms with E-state index in [0.717, 1.165) is 0 Å². The topological polar surface area (TPSA) is 26.0 Å². The van der Waals surface area contributed by atoms with Gasteiger partial charge in [-0.1, -0.05) is 6.08 Å². The molecule has 0 aromatic heterocycles. The molecule has 0 heterocycles. The Kier molecular flexibility index (Phi) is 2.44. The molecule has 1 nitrogen and oxygen atoms in total. The summed E-state index contributed by atoms with van der Waals surface area (Å²) in [5.41, 5.74) is 4.59. The van der Waals surface area contributed by atoms with Gasteiger partial charge in [0.15, 0.2) is 0 Å². The van der Waals surface area contributed by atoms with E-state index >= 15 is 0 Å². The summed E-state index contributed by atoms with van der Waals surface area (Å²) in [4.78, 5) is 0. The lowest BCUT2D eigenvalue weighted by Gasteiger charge is -2.42. The highest BCUT2D eigenvalue weighted by Crippen LogP contribution is 2.44. The Bertz CT molecular complexity index is 139. The third-order valence-electron chi connectivity index (χ3n) is 1.58. The van der Waals surface area contributed by atoms with Crippen LogP contribution in [0, 0.1) is 0 Å². The first-order valence-electron chi connectivity index (χ1n) is 2.78.